The lowest BCUT2D eigenvalue weighted by Gasteiger charge is -2.48. The van der Waals surface area contributed by atoms with Gasteiger partial charge in [0.25, 0.3) is 0 Å². The second kappa shape index (κ2) is 9.24. The average molecular weight is 380 g/mol. The molecule has 2 heteroatoms. The highest BCUT2D eigenvalue weighted by Crippen LogP contribution is 2.45. The fraction of sp³-hybridized carbons (Fsp3) is 0.538. The van der Waals surface area contributed by atoms with E-state index in [1.165, 1.54) is 41.5 Å². The zero-order chi connectivity index (χ0) is 20.1. The smallest absolute Gasteiger partial charge is 0.0709 e. The van der Waals surface area contributed by atoms with Crippen LogP contribution in [0.5, 0.6) is 0 Å². The molecule has 152 valence electrons. The molecule has 0 saturated carbocycles. The van der Waals surface area contributed by atoms with Crippen LogP contribution in [0.15, 0.2) is 48.5 Å². The predicted molar refractivity (Wildman–Crippen MR) is 118 cm³/mol. The quantitative estimate of drug-likeness (QED) is 0.544. The Labute approximate surface area is 171 Å². The molecular formula is C26H37NO. The van der Waals surface area contributed by atoms with E-state index in [1.807, 2.05) is 0 Å². The molecule has 1 aliphatic heterocycles. The van der Waals surface area contributed by atoms with E-state index in [0.29, 0.717) is 0 Å². The summed E-state index contributed by atoms with van der Waals surface area (Å²) in [6, 6.07) is 17.9. The van der Waals surface area contributed by atoms with Crippen molar-refractivity contribution in [3.8, 4) is 0 Å². The Morgan fingerprint density at radius 1 is 0.893 bits per heavy atom. The summed E-state index contributed by atoms with van der Waals surface area (Å²) in [5, 5.41) is 15.6. The summed E-state index contributed by atoms with van der Waals surface area (Å²) in [4.78, 5) is 0. The zero-order valence-corrected chi connectivity index (χ0v) is 18.0. The van der Waals surface area contributed by atoms with Gasteiger partial charge in [0.1, 0.15) is 0 Å². The Balaban J connectivity index is 1.87. The highest BCUT2D eigenvalue weighted by molar-refractivity contribution is 5.30. The first-order chi connectivity index (χ1) is 13.4. The molecule has 0 amide bonds. The van der Waals surface area contributed by atoms with Crippen LogP contribution in [-0.4, -0.2) is 10.7 Å². The first-order valence-electron chi connectivity index (χ1n) is 11.0. The van der Waals surface area contributed by atoms with Crippen LogP contribution in [0.3, 0.4) is 0 Å². The van der Waals surface area contributed by atoms with Gasteiger partial charge in [0.05, 0.1) is 5.60 Å². The fourth-order valence-electron chi connectivity index (χ4n) is 4.63. The maximum Gasteiger partial charge on any atom is 0.0709 e. The van der Waals surface area contributed by atoms with E-state index >= 15 is 0 Å². The van der Waals surface area contributed by atoms with E-state index in [2.05, 4.69) is 81.5 Å². The summed E-state index contributed by atoms with van der Waals surface area (Å²) in [5.41, 5.74) is 4.47. The minimum atomic E-state index is -0.635. The second-order valence-corrected chi connectivity index (χ2v) is 8.93. The summed E-state index contributed by atoms with van der Waals surface area (Å²) in [6.45, 7) is 8.71. The molecule has 1 aliphatic rings. The highest BCUT2D eigenvalue weighted by Gasteiger charge is 2.45. The first-order valence-corrected chi connectivity index (χ1v) is 11.0. The minimum absolute atomic E-state index is 0.164. The number of unbranched alkanes of at least 4 members (excludes halogenated alkanes) is 3. The van der Waals surface area contributed by atoms with Gasteiger partial charge in [0.15, 0.2) is 0 Å². The van der Waals surface area contributed by atoms with Crippen LogP contribution in [-0.2, 0) is 0 Å². The monoisotopic (exact) mass is 379 g/mol. The summed E-state index contributed by atoms with van der Waals surface area (Å²) < 4.78 is 0. The number of piperidine rings is 1. The van der Waals surface area contributed by atoms with Crippen LogP contribution >= 0.6 is 0 Å². The van der Waals surface area contributed by atoms with Gasteiger partial charge in [-0.3, -0.25) is 0 Å². The van der Waals surface area contributed by atoms with Crippen LogP contribution < -0.4 is 5.32 Å². The van der Waals surface area contributed by atoms with Gasteiger partial charge in [-0.1, -0.05) is 99.2 Å². The molecule has 0 bridgehead atoms. The molecule has 28 heavy (non-hydrogen) atoms. The highest BCUT2D eigenvalue weighted by atomic mass is 16.3. The molecule has 2 N–H and O–H groups in total. The van der Waals surface area contributed by atoms with Crippen molar-refractivity contribution in [1.82, 2.24) is 5.32 Å². The SMILES string of the molecule is CCCCCC[C@]1(O)C[C@H](c2ccc(C)cc2)N[C@H](c2ccc(C)cc2)[C@@H]1C. The largest absolute Gasteiger partial charge is 0.389 e. The van der Waals surface area contributed by atoms with Gasteiger partial charge in [0.2, 0.25) is 0 Å². The molecule has 2 nitrogen and oxygen atoms in total. The van der Waals surface area contributed by atoms with Crippen LogP contribution in [0.2, 0.25) is 0 Å². The third-order valence-corrected chi connectivity index (χ3v) is 6.67. The Hall–Kier alpha value is -1.64. The average Bonchev–Trinajstić information content (AvgIpc) is 2.69. The molecule has 3 rings (SSSR count). The van der Waals surface area contributed by atoms with Gasteiger partial charge in [-0.25, -0.2) is 0 Å². The Morgan fingerprint density at radius 3 is 2.04 bits per heavy atom. The third-order valence-electron chi connectivity index (χ3n) is 6.67. The van der Waals surface area contributed by atoms with E-state index in [1.54, 1.807) is 0 Å². The molecule has 4 atom stereocenters. The normalized spacial score (nSPS) is 27.7. The van der Waals surface area contributed by atoms with Gasteiger partial charge in [-0.2, -0.15) is 0 Å². The van der Waals surface area contributed by atoms with Crippen LogP contribution in [0.1, 0.15) is 86.7 Å². The van der Waals surface area contributed by atoms with Gasteiger partial charge >= 0.3 is 0 Å². The first kappa shape index (κ1) is 21.1. The zero-order valence-electron chi connectivity index (χ0n) is 18.0. The number of hydrogen-bond acceptors (Lipinski definition) is 2. The van der Waals surface area contributed by atoms with Gasteiger partial charge < -0.3 is 10.4 Å². The predicted octanol–water partition coefficient (Wildman–Crippen LogP) is 6.42. The molecule has 2 aromatic rings. The van der Waals surface area contributed by atoms with E-state index in [-0.39, 0.29) is 18.0 Å². The molecule has 1 fully saturated rings. The maximum absolute atomic E-state index is 11.8. The Morgan fingerprint density at radius 2 is 1.46 bits per heavy atom. The summed E-state index contributed by atoms with van der Waals surface area (Å²) in [6.07, 6.45) is 6.48. The molecule has 1 heterocycles. The number of aryl methyl sites for hydroxylation is 2. The number of aliphatic hydroxyl groups is 1. The standard InChI is InChI=1S/C26H37NO/c1-5-6-7-8-17-26(28)18-24(22-13-9-19(2)10-14-22)27-25(21(26)4)23-15-11-20(3)12-16-23/h9-16,21,24-25,27-28H,5-8,17-18H2,1-4H3/t21-,24+,25-,26-/m0/s1. The molecule has 1 saturated heterocycles. The number of nitrogens with one attached hydrogen (secondary N) is 1. The van der Waals surface area contributed by atoms with E-state index in [9.17, 15) is 5.11 Å². The molecule has 0 spiro atoms. The van der Waals surface area contributed by atoms with Crippen molar-refractivity contribution >= 4 is 0 Å². The summed E-state index contributed by atoms with van der Waals surface area (Å²) in [7, 11) is 0. The molecule has 2 aromatic carbocycles. The molecule has 0 aromatic heterocycles. The van der Waals surface area contributed by atoms with E-state index in [0.717, 1.165) is 19.3 Å². The van der Waals surface area contributed by atoms with Crippen molar-refractivity contribution in [3.63, 3.8) is 0 Å². The van der Waals surface area contributed by atoms with Crippen LogP contribution in [0.4, 0.5) is 0 Å². The van der Waals surface area contributed by atoms with Crippen molar-refractivity contribution < 1.29 is 5.11 Å². The second-order valence-electron chi connectivity index (χ2n) is 8.93. The molecule has 0 unspecified atom stereocenters. The molecule has 0 aliphatic carbocycles. The van der Waals surface area contributed by atoms with Gasteiger partial charge in [0, 0.05) is 18.0 Å². The molecular weight excluding hydrogens is 342 g/mol. The van der Waals surface area contributed by atoms with Crippen LogP contribution in [0.25, 0.3) is 0 Å². The van der Waals surface area contributed by atoms with E-state index < -0.39 is 5.60 Å². The van der Waals surface area contributed by atoms with Crippen molar-refractivity contribution in [2.24, 2.45) is 5.92 Å². The molecule has 0 radical (unpaired) electrons. The van der Waals surface area contributed by atoms with Gasteiger partial charge in [-0.15, -0.1) is 0 Å². The van der Waals surface area contributed by atoms with E-state index in [4.69, 9.17) is 0 Å². The van der Waals surface area contributed by atoms with Gasteiger partial charge in [-0.05, 0) is 37.8 Å². The van der Waals surface area contributed by atoms with Crippen molar-refractivity contribution in [2.75, 3.05) is 0 Å². The summed E-state index contributed by atoms with van der Waals surface area (Å²) in [5.74, 6) is 0.179. The van der Waals surface area contributed by atoms with Crippen LogP contribution in [0, 0.1) is 19.8 Å². The lowest BCUT2D eigenvalue weighted by Crippen LogP contribution is -2.52. The third kappa shape index (κ3) is 4.85. The lowest BCUT2D eigenvalue weighted by atomic mass is 9.70. The number of rotatable bonds is 7. The fourth-order valence-corrected chi connectivity index (χ4v) is 4.63. The number of hydrogen-bond donors (Lipinski definition) is 2. The Bertz CT molecular complexity index is 736. The van der Waals surface area contributed by atoms with Crippen molar-refractivity contribution in [3.05, 3.63) is 70.8 Å². The topological polar surface area (TPSA) is 32.3 Å². The summed E-state index contributed by atoms with van der Waals surface area (Å²) >= 11 is 0. The maximum atomic E-state index is 11.8. The van der Waals surface area contributed by atoms with Crippen molar-refractivity contribution in [2.45, 2.75) is 83.9 Å². The minimum Gasteiger partial charge on any atom is -0.389 e. The lowest BCUT2D eigenvalue weighted by molar-refractivity contribution is -0.0754. The number of benzene rings is 2. The Kier molecular flexibility index (Phi) is 6.95. The van der Waals surface area contributed by atoms with Crippen molar-refractivity contribution in [1.29, 1.82) is 0 Å².